The van der Waals surface area contributed by atoms with Gasteiger partial charge in [0.05, 0.1) is 17.9 Å². The van der Waals surface area contributed by atoms with Crippen molar-refractivity contribution in [2.75, 3.05) is 0 Å². The van der Waals surface area contributed by atoms with E-state index in [0.717, 1.165) is 11.4 Å². The van der Waals surface area contributed by atoms with Crippen LogP contribution in [0, 0.1) is 6.92 Å². The Morgan fingerprint density at radius 2 is 2.15 bits per heavy atom. The van der Waals surface area contributed by atoms with Gasteiger partial charge >= 0.3 is 0 Å². The molecule has 0 saturated carbocycles. The van der Waals surface area contributed by atoms with Gasteiger partial charge in [-0.15, -0.1) is 24.8 Å². The van der Waals surface area contributed by atoms with Crippen molar-refractivity contribution in [1.82, 2.24) is 9.97 Å². The minimum atomic E-state index is -0.347. The van der Waals surface area contributed by atoms with Crippen molar-refractivity contribution in [1.29, 1.82) is 0 Å². The van der Waals surface area contributed by atoms with Crippen LogP contribution in [0.1, 0.15) is 24.2 Å². The summed E-state index contributed by atoms with van der Waals surface area (Å²) in [5, 5.41) is 0. The lowest BCUT2D eigenvalue weighted by Crippen LogP contribution is -2.19. The number of hydrogen-bond acceptors (Lipinski definition) is 2. The van der Waals surface area contributed by atoms with Gasteiger partial charge in [0.25, 0.3) is 0 Å². The first-order valence-electron chi connectivity index (χ1n) is 3.42. The number of aryl methyl sites for hydroxylation is 1. The lowest BCUT2D eigenvalue weighted by molar-refractivity contribution is -0.119. The number of carbonyl (C=O) groups is 1. The van der Waals surface area contributed by atoms with Crippen LogP contribution in [0.15, 0.2) is 6.33 Å². The zero-order valence-corrected chi connectivity index (χ0v) is 9.04. The molecule has 1 aromatic heterocycles. The zero-order chi connectivity index (χ0) is 8.43. The second kappa shape index (κ2) is 5.83. The number of nitrogens with zero attached hydrogens (tertiary/aromatic N) is 1. The zero-order valence-electron chi connectivity index (χ0n) is 7.40. The molecule has 0 spiro atoms. The van der Waals surface area contributed by atoms with E-state index in [0.29, 0.717) is 0 Å². The highest BCUT2D eigenvalue weighted by molar-refractivity contribution is 5.85. The van der Waals surface area contributed by atoms with Gasteiger partial charge in [0.2, 0.25) is 5.91 Å². The number of imidazole rings is 1. The Bertz CT molecular complexity index is 274. The molecule has 1 rings (SSSR count). The summed E-state index contributed by atoms with van der Waals surface area (Å²) in [5.41, 5.74) is 6.74. The van der Waals surface area contributed by atoms with Crippen LogP contribution in [0.2, 0.25) is 0 Å². The molecule has 1 unspecified atom stereocenters. The van der Waals surface area contributed by atoms with Crippen LogP contribution in [0.3, 0.4) is 0 Å². The Balaban J connectivity index is 0. The molecule has 1 atom stereocenters. The number of nitrogens with two attached hydrogens (primary N) is 1. The minimum Gasteiger partial charge on any atom is -0.369 e. The Hall–Kier alpha value is -0.740. The molecule has 0 radical (unpaired) electrons. The summed E-state index contributed by atoms with van der Waals surface area (Å²) in [6, 6.07) is 0. The number of hydrogen-bond donors (Lipinski definition) is 2. The van der Waals surface area contributed by atoms with Crippen LogP contribution in [-0.2, 0) is 4.79 Å². The first-order valence-corrected chi connectivity index (χ1v) is 3.42. The van der Waals surface area contributed by atoms with E-state index < -0.39 is 0 Å². The van der Waals surface area contributed by atoms with Crippen molar-refractivity contribution in [3.8, 4) is 0 Å². The van der Waals surface area contributed by atoms with Gasteiger partial charge in [-0.3, -0.25) is 4.79 Å². The van der Waals surface area contributed by atoms with Crippen LogP contribution in [0.4, 0.5) is 0 Å². The smallest absolute Gasteiger partial charge is 0.226 e. The number of rotatable bonds is 2. The van der Waals surface area contributed by atoms with Gasteiger partial charge in [-0.1, -0.05) is 0 Å². The Kier molecular flexibility index (Phi) is 6.62. The number of aromatic nitrogens is 2. The molecular formula is C7H13Cl2N3O. The van der Waals surface area contributed by atoms with E-state index in [9.17, 15) is 4.79 Å². The molecule has 6 heteroatoms. The predicted octanol–water partition coefficient (Wildman–Crippen LogP) is 1.15. The van der Waals surface area contributed by atoms with Crippen LogP contribution >= 0.6 is 24.8 Å². The van der Waals surface area contributed by atoms with E-state index in [1.54, 1.807) is 13.3 Å². The van der Waals surface area contributed by atoms with E-state index in [1.165, 1.54) is 0 Å². The number of aromatic amines is 1. The molecule has 4 nitrogen and oxygen atoms in total. The van der Waals surface area contributed by atoms with Crippen molar-refractivity contribution in [2.24, 2.45) is 5.73 Å². The van der Waals surface area contributed by atoms with Gasteiger partial charge in [-0.25, -0.2) is 4.98 Å². The topological polar surface area (TPSA) is 71.8 Å². The third-order valence-electron chi connectivity index (χ3n) is 1.71. The van der Waals surface area contributed by atoms with Crippen molar-refractivity contribution in [3.63, 3.8) is 0 Å². The molecule has 13 heavy (non-hydrogen) atoms. The van der Waals surface area contributed by atoms with Gasteiger partial charge < -0.3 is 10.7 Å². The molecule has 0 aromatic carbocycles. The molecule has 1 amide bonds. The highest BCUT2D eigenvalue weighted by atomic mass is 35.5. The molecule has 0 aliphatic heterocycles. The summed E-state index contributed by atoms with van der Waals surface area (Å²) >= 11 is 0. The van der Waals surface area contributed by atoms with Crippen LogP contribution in [0.25, 0.3) is 0 Å². The highest BCUT2D eigenvalue weighted by Gasteiger charge is 2.15. The number of halogens is 2. The van der Waals surface area contributed by atoms with Crippen molar-refractivity contribution in [2.45, 2.75) is 19.8 Å². The molecule has 3 N–H and O–H groups in total. The summed E-state index contributed by atoms with van der Waals surface area (Å²) in [6.07, 6.45) is 1.56. The van der Waals surface area contributed by atoms with Crippen molar-refractivity contribution >= 4 is 30.7 Å². The highest BCUT2D eigenvalue weighted by Crippen LogP contribution is 2.13. The lowest BCUT2D eigenvalue weighted by atomic mass is 10.1. The molecule has 0 fully saturated rings. The lowest BCUT2D eigenvalue weighted by Gasteiger charge is -2.03. The molecular weight excluding hydrogens is 213 g/mol. The van der Waals surface area contributed by atoms with Crippen molar-refractivity contribution in [3.05, 3.63) is 17.7 Å². The predicted molar refractivity (Wildman–Crippen MR) is 55.4 cm³/mol. The van der Waals surface area contributed by atoms with E-state index in [1.807, 2.05) is 6.92 Å². The monoisotopic (exact) mass is 225 g/mol. The van der Waals surface area contributed by atoms with Gasteiger partial charge in [0.15, 0.2) is 0 Å². The summed E-state index contributed by atoms with van der Waals surface area (Å²) in [6.45, 7) is 3.60. The number of primary amides is 1. The quantitative estimate of drug-likeness (QED) is 0.793. The maximum absolute atomic E-state index is 10.7. The molecule has 0 aliphatic rings. The summed E-state index contributed by atoms with van der Waals surface area (Å²) < 4.78 is 0. The fourth-order valence-electron chi connectivity index (χ4n) is 0.941. The molecule has 1 aromatic rings. The number of H-pyrrole nitrogens is 1. The maximum Gasteiger partial charge on any atom is 0.226 e. The van der Waals surface area contributed by atoms with E-state index >= 15 is 0 Å². The third kappa shape index (κ3) is 3.24. The van der Waals surface area contributed by atoms with Gasteiger partial charge in [0, 0.05) is 5.69 Å². The largest absolute Gasteiger partial charge is 0.369 e. The van der Waals surface area contributed by atoms with Crippen molar-refractivity contribution < 1.29 is 4.79 Å². The first-order chi connectivity index (χ1) is 5.13. The third-order valence-corrected chi connectivity index (χ3v) is 1.71. The van der Waals surface area contributed by atoms with Gasteiger partial charge in [0.1, 0.15) is 0 Å². The molecule has 0 bridgehead atoms. The Labute approximate surface area is 89.1 Å². The number of nitrogens with one attached hydrogen (secondary N) is 1. The summed E-state index contributed by atoms with van der Waals surface area (Å²) in [5.74, 6) is -0.651. The average molecular weight is 226 g/mol. The first kappa shape index (κ1) is 14.8. The van der Waals surface area contributed by atoms with Crippen LogP contribution in [-0.4, -0.2) is 15.9 Å². The van der Waals surface area contributed by atoms with Gasteiger partial charge in [-0.2, -0.15) is 0 Å². The molecule has 0 saturated heterocycles. The fraction of sp³-hybridized carbons (Fsp3) is 0.429. The number of carbonyl (C=O) groups excluding carboxylic acids is 1. The van der Waals surface area contributed by atoms with E-state index in [2.05, 4.69) is 9.97 Å². The molecule has 76 valence electrons. The SMILES string of the molecule is Cc1[nH]cnc1C(C)C(N)=O.Cl.Cl. The number of amides is 1. The molecule has 0 aliphatic carbocycles. The second-order valence-corrected chi connectivity index (χ2v) is 2.54. The van der Waals surface area contributed by atoms with Crippen LogP contribution < -0.4 is 5.73 Å². The van der Waals surface area contributed by atoms with Gasteiger partial charge in [-0.05, 0) is 13.8 Å². The standard InChI is InChI=1S/C7H11N3O.2ClH/c1-4(7(8)11)6-5(2)9-3-10-6;;/h3-4H,1-2H3,(H2,8,11)(H,9,10);2*1H. The fourth-order valence-corrected chi connectivity index (χ4v) is 0.941. The molecule has 1 heterocycles. The maximum atomic E-state index is 10.7. The minimum absolute atomic E-state index is 0. The Morgan fingerprint density at radius 3 is 2.46 bits per heavy atom. The average Bonchev–Trinajstić information content (AvgIpc) is 2.33. The summed E-state index contributed by atoms with van der Waals surface area (Å²) in [4.78, 5) is 17.6. The Morgan fingerprint density at radius 1 is 1.62 bits per heavy atom. The van der Waals surface area contributed by atoms with Crippen LogP contribution in [0.5, 0.6) is 0 Å². The normalized spacial score (nSPS) is 10.9. The summed E-state index contributed by atoms with van der Waals surface area (Å²) in [7, 11) is 0. The van der Waals surface area contributed by atoms with E-state index in [-0.39, 0.29) is 36.6 Å². The van der Waals surface area contributed by atoms with E-state index in [4.69, 9.17) is 5.73 Å². The second-order valence-electron chi connectivity index (χ2n) is 2.54.